The zero-order valence-corrected chi connectivity index (χ0v) is 41.7. The molecule has 8 nitrogen and oxygen atoms in total. The topological polar surface area (TPSA) is 107 Å². The van der Waals surface area contributed by atoms with Gasteiger partial charge in [-0.3, -0.25) is 0 Å². The molecule has 3 aromatic heterocycles. The molecule has 8 heteroatoms. The minimum atomic E-state index is -0.985. The third kappa shape index (κ3) is 8.42. The number of allylic oxidation sites excluding steroid dienone is 4. The number of hydrogen-bond acceptors (Lipinski definition) is 5. The van der Waals surface area contributed by atoms with E-state index in [-0.39, 0.29) is 0 Å². The van der Waals surface area contributed by atoms with Crippen molar-refractivity contribution in [2.45, 2.75) is 146 Å². The predicted octanol–water partition coefficient (Wildman–Crippen LogP) is 14.1. The Labute approximate surface area is 397 Å². The van der Waals surface area contributed by atoms with Crippen molar-refractivity contribution in [1.82, 2.24) is 25.0 Å². The normalized spacial score (nSPS) is 15.5. The molecule has 6 heterocycles. The maximum Gasteiger partial charge on any atom is 0.341 e. The van der Waals surface area contributed by atoms with Crippen LogP contribution in [0.3, 0.4) is 0 Å². The summed E-state index contributed by atoms with van der Waals surface area (Å²) in [6, 6.07) is 22.6. The predicted molar refractivity (Wildman–Crippen MR) is 276 cm³/mol. The molecule has 0 saturated carbocycles. The molecule has 0 amide bonds. The van der Waals surface area contributed by atoms with Crippen LogP contribution in [0.1, 0.15) is 165 Å². The van der Waals surface area contributed by atoms with Gasteiger partial charge >= 0.3 is 5.97 Å². The summed E-state index contributed by atoms with van der Waals surface area (Å²) >= 11 is 0. The highest BCUT2D eigenvalue weighted by atomic mass is 16.5. The van der Waals surface area contributed by atoms with Crippen LogP contribution in [0.15, 0.2) is 78.4 Å². The highest BCUT2D eigenvalue weighted by molar-refractivity contribution is 5.98. The van der Waals surface area contributed by atoms with Crippen LogP contribution < -0.4 is 4.74 Å². The molecule has 5 aromatic rings. The van der Waals surface area contributed by atoms with Crippen molar-refractivity contribution in [3.8, 4) is 28.7 Å². The van der Waals surface area contributed by atoms with E-state index in [2.05, 4.69) is 120 Å². The Morgan fingerprint density at radius 3 is 1.61 bits per heavy atom. The molecule has 0 aliphatic carbocycles. The van der Waals surface area contributed by atoms with Gasteiger partial charge < -0.3 is 14.7 Å². The molecule has 0 atom stereocenters. The van der Waals surface area contributed by atoms with Crippen molar-refractivity contribution in [3.05, 3.63) is 135 Å². The number of nitrogens with zero attached hydrogens (tertiary/aromatic N) is 3. The summed E-state index contributed by atoms with van der Waals surface area (Å²) in [7, 11) is 0. The van der Waals surface area contributed by atoms with Gasteiger partial charge in [0, 0.05) is 22.1 Å². The average molecular weight is 893 g/mol. The lowest BCUT2D eigenvalue weighted by Crippen LogP contribution is -2.47. The van der Waals surface area contributed by atoms with Gasteiger partial charge in [0.1, 0.15) is 5.75 Å². The fourth-order valence-electron chi connectivity index (χ4n) is 10.8. The fourth-order valence-corrected chi connectivity index (χ4v) is 10.8. The first-order valence-electron chi connectivity index (χ1n) is 24.6. The minimum absolute atomic E-state index is 0.361. The first-order chi connectivity index (χ1) is 32.2. The lowest BCUT2D eigenvalue weighted by atomic mass is 9.95. The smallest absolute Gasteiger partial charge is 0.341 e. The van der Waals surface area contributed by atoms with Crippen molar-refractivity contribution in [2.75, 3.05) is 0 Å². The third-order valence-electron chi connectivity index (χ3n) is 14.1. The van der Waals surface area contributed by atoms with Gasteiger partial charge in [0.05, 0.1) is 50.5 Å². The summed E-state index contributed by atoms with van der Waals surface area (Å²) in [5, 5.41) is 13.8. The second-order valence-electron chi connectivity index (χ2n) is 18.9. The van der Waals surface area contributed by atoms with Crippen LogP contribution in [0.5, 0.6) is 5.75 Å². The number of H-pyrrole nitrogens is 2. The van der Waals surface area contributed by atoms with Gasteiger partial charge in [-0.2, -0.15) is 0 Å². The number of ether oxygens (including phenoxy) is 1. The van der Waals surface area contributed by atoms with Crippen molar-refractivity contribution in [3.63, 3.8) is 0 Å². The number of rotatable bonds is 11. The van der Waals surface area contributed by atoms with Crippen LogP contribution in [-0.2, 0) is 35.7 Å². The molecular weight excluding hydrogens is 827 g/mol. The summed E-state index contributed by atoms with van der Waals surface area (Å²) in [5.74, 6) is 7.22. The van der Waals surface area contributed by atoms with Crippen LogP contribution in [0, 0.1) is 11.8 Å². The summed E-state index contributed by atoms with van der Waals surface area (Å²) < 4.78 is 5.76. The van der Waals surface area contributed by atoms with Gasteiger partial charge in [0.15, 0.2) is 0 Å². The number of aryl methyl sites for hydroxylation is 4. The molecule has 0 unspecified atom stereocenters. The molecule has 3 aliphatic heterocycles. The lowest BCUT2D eigenvalue weighted by molar-refractivity contribution is -0.238. The lowest BCUT2D eigenvalue weighted by Gasteiger charge is -2.33. The van der Waals surface area contributed by atoms with E-state index in [4.69, 9.17) is 14.7 Å². The van der Waals surface area contributed by atoms with Gasteiger partial charge in [0.25, 0.3) is 0 Å². The van der Waals surface area contributed by atoms with Crippen molar-refractivity contribution in [2.24, 2.45) is 0 Å². The molecule has 8 rings (SSSR count). The molecule has 67 heavy (non-hydrogen) atoms. The van der Waals surface area contributed by atoms with Crippen molar-refractivity contribution < 1.29 is 14.7 Å². The summed E-state index contributed by atoms with van der Waals surface area (Å²) in [6.45, 7) is 25.0. The maximum atomic E-state index is 13.2. The number of aromatic amines is 2. The van der Waals surface area contributed by atoms with E-state index in [1.165, 1.54) is 44.5 Å². The van der Waals surface area contributed by atoms with E-state index in [1.54, 1.807) is 45.9 Å². The van der Waals surface area contributed by atoms with Gasteiger partial charge in [-0.05, 0) is 183 Å². The second-order valence-corrected chi connectivity index (χ2v) is 18.9. The number of hydroxylamine groups is 2. The standard InChI is InChI=1S/C59H66N5O3/c1-13-39-41(15-3)51-32-53-43(17-5)45(19-7)55(62-53)47(56-46(20-8)44(18-6)54(63-56)33-52-42(16-4)40(14-2)50(61-52)31-49(39)60-51)30-23-35-21-24-36(25-22-35)37-26-28-38(29-27-37)67-57(65)48-34-58(9,10)64(66)59(48,11)12/h21-22,24-29,31-34,60,62H,13-20H2,1-12H3. The second kappa shape index (κ2) is 18.8. The number of fused-ring (bicyclic) bond motifs is 8. The highest BCUT2D eigenvalue weighted by Crippen LogP contribution is 2.42. The van der Waals surface area contributed by atoms with Crippen LogP contribution >= 0.6 is 0 Å². The number of carbonyl (C=O) groups is 1. The molecule has 2 N–H and O–H groups in total. The first-order valence-corrected chi connectivity index (χ1v) is 24.6. The molecule has 2 aromatic carbocycles. The van der Waals surface area contributed by atoms with Crippen LogP contribution in [0.4, 0.5) is 0 Å². The van der Waals surface area contributed by atoms with E-state index < -0.39 is 17.0 Å². The number of esters is 1. The van der Waals surface area contributed by atoms with Gasteiger partial charge in [-0.15, -0.1) is 10.3 Å². The quantitative estimate of drug-likeness (QED) is 0.0780. The Kier molecular flexibility index (Phi) is 13.2. The van der Waals surface area contributed by atoms with E-state index >= 15 is 0 Å². The molecule has 0 saturated heterocycles. The Bertz CT molecular complexity index is 3100. The monoisotopic (exact) mass is 893 g/mol. The maximum absolute atomic E-state index is 13.2. The van der Waals surface area contributed by atoms with E-state index in [0.717, 1.165) is 124 Å². The van der Waals surface area contributed by atoms with Gasteiger partial charge in [0.2, 0.25) is 0 Å². The fraction of sp³-hybridized carbons (Fsp3) is 0.373. The highest BCUT2D eigenvalue weighted by Gasteiger charge is 2.49. The van der Waals surface area contributed by atoms with Crippen LogP contribution in [0.2, 0.25) is 0 Å². The SMILES string of the molecule is CCC1=C(CC)c2cc3[nH]c(cc4[nH]c(c(C#Cc5ccc(-c6ccc(OC(=O)C7=CC(C)(C)N([O])C7(C)C)cc6)cc5)c5nc(cc1n2)C(CC)=C5CC)c(CC)c4CC)c(CC)c3CC. The Hall–Kier alpha value is -6.27. The van der Waals surface area contributed by atoms with E-state index in [9.17, 15) is 10.0 Å². The molecule has 0 spiro atoms. The number of carbonyl (C=O) groups excluding carboxylic acids is 1. The zero-order chi connectivity index (χ0) is 47.9. The van der Waals surface area contributed by atoms with Crippen LogP contribution in [0.25, 0.3) is 55.5 Å². The van der Waals surface area contributed by atoms with E-state index in [0.29, 0.717) is 11.3 Å². The van der Waals surface area contributed by atoms with Gasteiger partial charge in [-0.25, -0.2) is 14.8 Å². The third-order valence-corrected chi connectivity index (χ3v) is 14.1. The summed E-state index contributed by atoms with van der Waals surface area (Å²) in [4.78, 5) is 32.0. The largest absolute Gasteiger partial charge is 0.423 e. The van der Waals surface area contributed by atoms with Crippen LogP contribution in [-0.4, -0.2) is 42.0 Å². The molecule has 8 bridgehead atoms. The van der Waals surface area contributed by atoms with Crippen molar-refractivity contribution in [1.29, 1.82) is 0 Å². The molecule has 3 aliphatic rings. The number of hydrogen-bond donors (Lipinski definition) is 2. The summed E-state index contributed by atoms with van der Waals surface area (Å²) in [6.07, 6.45) is 8.75. The Balaban J connectivity index is 1.27. The first kappa shape index (κ1) is 47.2. The zero-order valence-electron chi connectivity index (χ0n) is 41.7. The molecule has 0 fully saturated rings. The minimum Gasteiger partial charge on any atom is -0.423 e. The average Bonchev–Trinajstić information content (AvgIpc) is 4.09. The Morgan fingerprint density at radius 1 is 0.582 bits per heavy atom. The van der Waals surface area contributed by atoms with Gasteiger partial charge in [-0.1, -0.05) is 91.5 Å². The van der Waals surface area contributed by atoms with E-state index in [1.807, 2.05) is 12.1 Å². The number of nitrogens with one attached hydrogen (secondary N) is 2. The Morgan fingerprint density at radius 2 is 1.07 bits per heavy atom. The number of benzene rings is 2. The molecule has 1 radical (unpaired) electrons. The number of aromatic nitrogens is 4. The molecular formula is C59H66N5O3. The summed E-state index contributed by atoms with van der Waals surface area (Å²) in [5.41, 5.74) is 21.1. The molecule has 345 valence electrons. The van der Waals surface area contributed by atoms with Crippen molar-refractivity contribution >= 4 is 50.3 Å².